The summed E-state index contributed by atoms with van der Waals surface area (Å²) in [6, 6.07) is 2.15. The zero-order valence-corrected chi connectivity index (χ0v) is 11.9. The maximum Gasteiger partial charge on any atom is 0.253 e. The lowest BCUT2D eigenvalue weighted by atomic mass is 10.2. The predicted molar refractivity (Wildman–Crippen MR) is 74.6 cm³/mol. The molecule has 0 saturated carbocycles. The van der Waals surface area contributed by atoms with Gasteiger partial charge in [-0.05, 0) is 12.5 Å². The molecule has 9 heteroatoms. The second-order valence-electron chi connectivity index (χ2n) is 4.79. The molecule has 21 heavy (non-hydrogen) atoms. The summed E-state index contributed by atoms with van der Waals surface area (Å²) in [6.45, 7) is -0.255. The zero-order valence-electron chi connectivity index (χ0n) is 11.1. The summed E-state index contributed by atoms with van der Waals surface area (Å²) in [4.78, 5) is 36.5. The van der Waals surface area contributed by atoms with Crippen molar-refractivity contribution in [2.45, 2.75) is 12.5 Å². The smallest absolute Gasteiger partial charge is 0.253 e. The summed E-state index contributed by atoms with van der Waals surface area (Å²) in [7, 11) is -3.06. The summed E-state index contributed by atoms with van der Waals surface area (Å²) in [6.07, 6.45) is 1.64. The Morgan fingerprint density at radius 3 is 2.67 bits per heavy atom. The van der Waals surface area contributed by atoms with Crippen molar-refractivity contribution < 1.29 is 18.0 Å². The van der Waals surface area contributed by atoms with E-state index in [1.807, 2.05) is 0 Å². The fraction of sp³-hybridized carbons (Fsp3) is 0.417. The highest BCUT2D eigenvalue weighted by Gasteiger charge is 2.28. The van der Waals surface area contributed by atoms with Crippen LogP contribution in [0.2, 0.25) is 0 Å². The molecule has 1 aliphatic heterocycles. The first kappa shape index (κ1) is 15.2. The third-order valence-corrected chi connectivity index (χ3v) is 4.82. The molecular formula is C12H15N3O5S. The van der Waals surface area contributed by atoms with E-state index in [1.54, 1.807) is 0 Å². The molecule has 8 nitrogen and oxygen atoms in total. The van der Waals surface area contributed by atoms with E-state index in [9.17, 15) is 22.8 Å². The molecule has 1 atom stereocenters. The van der Waals surface area contributed by atoms with Crippen LogP contribution in [-0.2, 0) is 14.6 Å². The lowest BCUT2D eigenvalue weighted by molar-refractivity contribution is -0.120. The molecule has 1 unspecified atom stereocenters. The number of nitrogens with one attached hydrogen (secondary N) is 3. The Kier molecular flexibility index (Phi) is 4.41. The molecule has 114 valence electrons. The van der Waals surface area contributed by atoms with Gasteiger partial charge in [-0.1, -0.05) is 0 Å². The molecule has 2 heterocycles. The van der Waals surface area contributed by atoms with Gasteiger partial charge < -0.3 is 15.6 Å². The van der Waals surface area contributed by atoms with E-state index in [0.717, 1.165) is 0 Å². The molecule has 1 aromatic rings. The lowest BCUT2D eigenvalue weighted by Crippen LogP contribution is -2.42. The number of carbonyl (C=O) groups excluding carboxylic acids is 2. The highest BCUT2D eigenvalue weighted by atomic mass is 32.2. The van der Waals surface area contributed by atoms with Crippen molar-refractivity contribution in [3.8, 4) is 0 Å². The van der Waals surface area contributed by atoms with Crippen LogP contribution < -0.4 is 16.2 Å². The minimum atomic E-state index is -3.06. The standard InChI is InChI=1S/C12H15N3O5S/c16-10-2-1-8(5-13-10)12(18)14-6-11(17)15-9-3-4-21(19,20)7-9/h1-2,5,9H,3-4,6-7H2,(H,13,16)(H,14,18)(H,15,17). The van der Waals surface area contributed by atoms with Gasteiger partial charge in [0.15, 0.2) is 9.84 Å². The molecule has 1 aromatic heterocycles. The van der Waals surface area contributed by atoms with Crippen LogP contribution in [0.1, 0.15) is 16.8 Å². The third-order valence-electron chi connectivity index (χ3n) is 3.05. The summed E-state index contributed by atoms with van der Waals surface area (Å²) in [5, 5.41) is 4.95. The van der Waals surface area contributed by atoms with E-state index in [4.69, 9.17) is 0 Å². The topological polar surface area (TPSA) is 125 Å². The Balaban J connectivity index is 1.80. The monoisotopic (exact) mass is 313 g/mol. The molecule has 0 aromatic carbocycles. The van der Waals surface area contributed by atoms with E-state index in [2.05, 4.69) is 15.6 Å². The number of aromatic nitrogens is 1. The second-order valence-corrected chi connectivity index (χ2v) is 7.02. The summed E-state index contributed by atoms with van der Waals surface area (Å²) >= 11 is 0. The minimum absolute atomic E-state index is 0.0629. The van der Waals surface area contributed by atoms with Crippen molar-refractivity contribution in [1.29, 1.82) is 0 Å². The molecule has 2 rings (SSSR count). The number of pyridine rings is 1. The Bertz CT molecular complexity index is 689. The van der Waals surface area contributed by atoms with Crippen LogP contribution >= 0.6 is 0 Å². The van der Waals surface area contributed by atoms with Gasteiger partial charge in [0, 0.05) is 18.3 Å². The Hall–Kier alpha value is -2.16. The van der Waals surface area contributed by atoms with Crippen molar-refractivity contribution in [2.75, 3.05) is 18.1 Å². The number of aromatic amines is 1. The van der Waals surface area contributed by atoms with Crippen LogP contribution in [0.15, 0.2) is 23.1 Å². The number of sulfone groups is 1. The van der Waals surface area contributed by atoms with E-state index in [0.29, 0.717) is 6.42 Å². The van der Waals surface area contributed by atoms with Gasteiger partial charge >= 0.3 is 0 Å². The van der Waals surface area contributed by atoms with Gasteiger partial charge in [-0.3, -0.25) is 14.4 Å². The van der Waals surface area contributed by atoms with E-state index >= 15 is 0 Å². The van der Waals surface area contributed by atoms with Crippen molar-refractivity contribution in [1.82, 2.24) is 15.6 Å². The van der Waals surface area contributed by atoms with Gasteiger partial charge in [-0.15, -0.1) is 0 Å². The van der Waals surface area contributed by atoms with Crippen LogP contribution in [0, 0.1) is 0 Å². The Morgan fingerprint density at radius 1 is 1.33 bits per heavy atom. The van der Waals surface area contributed by atoms with Crippen molar-refractivity contribution in [3.63, 3.8) is 0 Å². The number of rotatable bonds is 4. The van der Waals surface area contributed by atoms with Gasteiger partial charge in [-0.25, -0.2) is 8.42 Å². The van der Waals surface area contributed by atoms with Crippen LogP contribution in [0.3, 0.4) is 0 Å². The van der Waals surface area contributed by atoms with E-state index in [-0.39, 0.29) is 29.2 Å². The van der Waals surface area contributed by atoms with Crippen LogP contribution in [0.4, 0.5) is 0 Å². The third kappa shape index (κ3) is 4.42. The fourth-order valence-corrected chi connectivity index (χ4v) is 3.68. The number of hydrogen-bond donors (Lipinski definition) is 3. The first-order valence-corrected chi connectivity index (χ1v) is 8.14. The number of H-pyrrole nitrogens is 1. The fourth-order valence-electron chi connectivity index (χ4n) is 2.00. The SMILES string of the molecule is O=C(CNC(=O)c1ccc(=O)[nH]c1)NC1CCS(=O)(=O)C1. The number of amides is 2. The number of hydrogen-bond acceptors (Lipinski definition) is 5. The molecule has 0 spiro atoms. The van der Waals surface area contributed by atoms with E-state index < -0.39 is 27.7 Å². The second kappa shape index (κ2) is 6.08. The molecule has 0 aliphatic carbocycles. The first-order chi connectivity index (χ1) is 9.85. The molecule has 0 bridgehead atoms. The van der Waals surface area contributed by atoms with Crippen molar-refractivity contribution in [2.24, 2.45) is 0 Å². The van der Waals surface area contributed by atoms with Gasteiger partial charge in [0.2, 0.25) is 11.5 Å². The lowest BCUT2D eigenvalue weighted by Gasteiger charge is -2.11. The molecule has 0 radical (unpaired) electrons. The summed E-state index contributed by atoms with van der Waals surface area (Å²) in [5.41, 5.74) is -0.0995. The van der Waals surface area contributed by atoms with Gasteiger partial charge in [-0.2, -0.15) is 0 Å². The Morgan fingerprint density at radius 2 is 2.10 bits per heavy atom. The summed E-state index contributed by atoms with van der Waals surface area (Å²) < 4.78 is 22.5. The largest absolute Gasteiger partial charge is 0.351 e. The highest BCUT2D eigenvalue weighted by Crippen LogP contribution is 2.10. The molecule has 2 amide bonds. The Labute approximate surface area is 120 Å². The maximum absolute atomic E-state index is 11.7. The normalized spacial score (nSPS) is 19.9. The maximum atomic E-state index is 11.7. The quantitative estimate of drug-likeness (QED) is 0.618. The summed E-state index contributed by atoms with van der Waals surface area (Å²) in [5.74, 6) is -0.941. The first-order valence-electron chi connectivity index (χ1n) is 6.32. The predicted octanol–water partition coefficient (Wildman–Crippen LogP) is -1.59. The van der Waals surface area contributed by atoms with Gasteiger partial charge in [0.05, 0.1) is 23.6 Å². The number of carbonyl (C=O) groups is 2. The van der Waals surface area contributed by atoms with Crippen LogP contribution in [0.25, 0.3) is 0 Å². The van der Waals surface area contributed by atoms with Crippen LogP contribution in [0.5, 0.6) is 0 Å². The molecule has 1 saturated heterocycles. The van der Waals surface area contributed by atoms with E-state index in [1.165, 1.54) is 18.3 Å². The van der Waals surface area contributed by atoms with Crippen LogP contribution in [-0.4, -0.2) is 49.3 Å². The minimum Gasteiger partial charge on any atom is -0.351 e. The molecule has 1 fully saturated rings. The molecular weight excluding hydrogens is 298 g/mol. The van der Waals surface area contributed by atoms with Gasteiger partial charge in [0.1, 0.15) is 0 Å². The molecule has 3 N–H and O–H groups in total. The van der Waals surface area contributed by atoms with Crippen molar-refractivity contribution in [3.05, 3.63) is 34.2 Å². The van der Waals surface area contributed by atoms with Crippen molar-refractivity contribution >= 4 is 21.7 Å². The molecule has 1 aliphatic rings. The van der Waals surface area contributed by atoms with Gasteiger partial charge in [0.25, 0.3) is 5.91 Å². The average molecular weight is 313 g/mol. The zero-order chi connectivity index (χ0) is 15.5. The highest BCUT2D eigenvalue weighted by molar-refractivity contribution is 7.91. The average Bonchev–Trinajstić information content (AvgIpc) is 2.76.